The molecule has 0 aliphatic carbocycles. The van der Waals surface area contributed by atoms with Crippen LogP contribution in [0.5, 0.6) is 0 Å². The number of ketones is 1. The summed E-state index contributed by atoms with van der Waals surface area (Å²) in [6.07, 6.45) is 4.53. The third-order valence-corrected chi connectivity index (χ3v) is 3.98. The van der Waals surface area contributed by atoms with Crippen molar-refractivity contribution in [3.05, 3.63) is 16.4 Å². The van der Waals surface area contributed by atoms with E-state index in [2.05, 4.69) is 21.0 Å². The summed E-state index contributed by atoms with van der Waals surface area (Å²) in [7, 11) is 0. The van der Waals surface area contributed by atoms with Crippen molar-refractivity contribution in [2.75, 3.05) is 6.61 Å². The van der Waals surface area contributed by atoms with Crippen molar-refractivity contribution in [2.24, 2.45) is 0 Å². The highest BCUT2D eigenvalue weighted by Gasteiger charge is 2.39. The summed E-state index contributed by atoms with van der Waals surface area (Å²) in [5.74, 6) is 0.0280. The third-order valence-electron chi connectivity index (χ3n) is 3.40. The number of carbonyl (C=O) groups is 1. The van der Waals surface area contributed by atoms with E-state index in [0.717, 1.165) is 23.7 Å². The number of aromatic nitrogens is 2. The Morgan fingerprint density at radius 3 is 2.83 bits per heavy atom. The molecule has 100 valence electrons. The number of hydrogen-bond acceptors (Lipinski definition) is 3. The lowest BCUT2D eigenvalue weighted by atomic mass is 9.89. The lowest BCUT2D eigenvalue weighted by molar-refractivity contribution is -0.0433. The van der Waals surface area contributed by atoms with Gasteiger partial charge in [-0.25, -0.2) is 0 Å². The molecule has 0 N–H and O–H groups in total. The first-order valence-corrected chi connectivity index (χ1v) is 7.17. The highest BCUT2D eigenvalue weighted by molar-refractivity contribution is 9.10. The number of Topliss-reactive ketones (excluding diaryl/α,β-unsaturated/α-hetero) is 1. The normalized spacial score (nSPS) is 24.5. The Bertz CT molecular complexity index is 448. The molecule has 1 atom stereocenters. The molecule has 0 bridgehead atoms. The van der Waals surface area contributed by atoms with Gasteiger partial charge in [-0.2, -0.15) is 5.10 Å². The van der Waals surface area contributed by atoms with Crippen molar-refractivity contribution in [3.63, 3.8) is 0 Å². The Morgan fingerprint density at radius 1 is 1.56 bits per heavy atom. The average molecular weight is 315 g/mol. The molecule has 1 saturated heterocycles. The van der Waals surface area contributed by atoms with Crippen LogP contribution in [0.4, 0.5) is 0 Å². The van der Waals surface area contributed by atoms with E-state index in [0.29, 0.717) is 12.3 Å². The smallest absolute Gasteiger partial charge is 0.213 e. The Morgan fingerprint density at radius 2 is 2.28 bits per heavy atom. The molecule has 0 spiro atoms. The molecule has 2 rings (SSSR count). The summed E-state index contributed by atoms with van der Waals surface area (Å²) in [5, 5.41) is 4.26. The van der Waals surface area contributed by atoms with Crippen LogP contribution in [0, 0.1) is 0 Å². The third kappa shape index (κ3) is 2.38. The van der Waals surface area contributed by atoms with Crippen molar-refractivity contribution in [1.82, 2.24) is 9.78 Å². The molecule has 1 fully saturated rings. The zero-order chi connectivity index (χ0) is 13.3. The van der Waals surface area contributed by atoms with Crippen LogP contribution in [0.3, 0.4) is 0 Å². The zero-order valence-corrected chi connectivity index (χ0v) is 12.7. The number of halogens is 1. The molecule has 1 unspecified atom stereocenters. The van der Waals surface area contributed by atoms with E-state index in [1.165, 1.54) is 0 Å². The zero-order valence-electron chi connectivity index (χ0n) is 11.1. The monoisotopic (exact) mass is 314 g/mol. The average Bonchev–Trinajstić information content (AvgIpc) is 2.71. The minimum Gasteiger partial charge on any atom is -0.367 e. The second-order valence-electron chi connectivity index (χ2n) is 5.24. The number of nitrogens with zero attached hydrogens (tertiary/aromatic N) is 2. The van der Waals surface area contributed by atoms with Gasteiger partial charge in [-0.05, 0) is 56.0 Å². The molecular formula is C13H19BrN2O2. The Kier molecular flexibility index (Phi) is 3.92. The molecule has 1 aromatic heterocycles. The van der Waals surface area contributed by atoms with Crippen LogP contribution < -0.4 is 0 Å². The van der Waals surface area contributed by atoms with Crippen molar-refractivity contribution in [2.45, 2.75) is 51.7 Å². The number of ether oxygens (including phenoxy) is 1. The fraction of sp³-hybridized carbons (Fsp3) is 0.692. The number of carbonyl (C=O) groups excluding carboxylic acids is 1. The predicted molar refractivity (Wildman–Crippen MR) is 72.9 cm³/mol. The maximum absolute atomic E-state index is 12.7. The molecular weight excluding hydrogens is 296 g/mol. The highest BCUT2D eigenvalue weighted by Crippen LogP contribution is 2.31. The summed E-state index contributed by atoms with van der Waals surface area (Å²) in [6.45, 7) is 6.58. The van der Waals surface area contributed by atoms with Crippen LogP contribution in [0.1, 0.15) is 56.6 Å². The standard InChI is InChI=1S/C13H19BrN2O2/c1-9(2)16-11(10(14)8-15-16)12(17)13(3)6-4-5-7-18-13/h8-9H,4-7H2,1-3H3. The molecule has 0 radical (unpaired) electrons. The van der Waals surface area contributed by atoms with Crippen molar-refractivity contribution >= 4 is 21.7 Å². The number of hydrogen-bond donors (Lipinski definition) is 0. The lowest BCUT2D eigenvalue weighted by Crippen LogP contribution is -2.42. The first kappa shape index (κ1) is 13.7. The topological polar surface area (TPSA) is 44.1 Å². The van der Waals surface area contributed by atoms with E-state index in [1.807, 2.05) is 20.8 Å². The van der Waals surface area contributed by atoms with Crippen molar-refractivity contribution in [3.8, 4) is 0 Å². The van der Waals surface area contributed by atoms with Crippen LogP contribution in [-0.4, -0.2) is 27.8 Å². The molecule has 1 aliphatic rings. The molecule has 2 heterocycles. The second kappa shape index (κ2) is 5.13. The van der Waals surface area contributed by atoms with Crippen molar-refractivity contribution < 1.29 is 9.53 Å². The maximum Gasteiger partial charge on any atom is 0.213 e. The van der Waals surface area contributed by atoms with Crippen LogP contribution >= 0.6 is 15.9 Å². The van der Waals surface area contributed by atoms with E-state index in [9.17, 15) is 4.79 Å². The molecule has 0 saturated carbocycles. The van der Waals surface area contributed by atoms with Gasteiger partial charge in [0.2, 0.25) is 5.78 Å². The lowest BCUT2D eigenvalue weighted by Gasteiger charge is -2.32. The molecule has 5 heteroatoms. The van der Waals surface area contributed by atoms with Gasteiger partial charge < -0.3 is 4.74 Å². The van der Waals surface area contributed by atoms with Gasteiger partial charge in [0.15, 0.2) is 0 Å². The van der Waals surface area contributed by atoms with Gasteiger partial charge in [0, 0.05) is 12.6 Å². The highest BCUT2D eigenvalue weighted by atomic mass is 79.9. The van der Waals surface area contributed by atoms with Crippen LogP contribution in [0.15, 0.2) is 10.7 Å². The Hall–Kier alpha value is -0.680. The minimum absolute atomic E-state index is 0.0280. The van der Waals surface area contributed by atoms with E-state index in [4.69, 9.17) is 4.74 Å². The summed E-state index contributed by atoms with van der Waals surface area (Å²) >= 11 is 3.42. The molecule has 0 aromatic carbocycles. The molecule has 18 heavy (non-hydrogen) atoms. The van der Waals surface area contributed by atoms with Crippen LogP contribution in [-0.2, 0) is 4.74 Å². The summed E-state index contributed by atoms with van der Waals surface area (Å²) < 4.78 is 8.24. The fourth-order valence-corrected chi connectivity index (χ4v) is 2.76. The Balaban J connectivity index is 2.36. The first-order chi connectivity index (χ1) is 8.46. The maximum atomic E-state index is 12.7. The van der Waals surface area contributed by atoms with Gasteiger partial charge in [-0.1, -0.05) is 0 Å². The minimum atomic E-state index is -0.701. The molecule has 1 aromatic rings. The quantitative estimate of drug-likeness (QED) is 0.803. The van der Waals surface area contributed by atoms with E-state index >= 15 is 0 Å². The SMILES string of the molecule is CC(C)n1ncc(Br)c1C(=O)C1(C)CCCCO1. The van der Waals surface area contributed by atoms with Crippen molar-refractivity contribution in [1.29, 1.82) is 0 Å². The summed E-state index contributed by atoms with van der Waals surface area (Å²) in [4.78, 5) is 12.7. The first-order valence-electron chi connectivity index (χ1n) is 6.37. The van der Waals surface area contributed by atoms with E-state index in [-0.39, 0.29) is 11.8 Å². The second-order valence-corrected chi connectivity index (χ2v) is 6.10. The molecule has 0 amide bonds. The van der Waals surface area contributed by atoms with Gasteiger partial charge in [0.05, 0.1) is 10.7 Å². The van der Waals surface area contributed by atoms with Gasteiger partial charge in [-0.15, -0.1) is 0 Å². The van der Waals surface area contributed by atoms with Gasteiger partial charge in [0.1, 0.15) is 11.3 Å². The van der Waals surface area contributed by atoms with E-state index in [1.54, 1.807) is 10.9 Å². The fourth-order valence-electron chi connectivity index (χ4n) is 2.31. The largest absolute Gasteiger partial charge is 0.367 e. The van der Waals surface area contributed by atoms with Gasteiger partial charge in [0.25, 0.3) is 0 Å². The van der Waals surface area contributed by atoms with Crippen LogP contribution in [0.2, 0.25) is 0 Å². The molecule has 1 aliphatic heterocycles. The summed E-state index contributed by atoms with van der Waals surface area (Å²) in [5.41, 5.74) is -0.0811. The van der Waals surface area contributed by atoms with Gasteiger partial charge >= 0.3 is 0 Å². The Labute approximate surface area is 116 Å². The van der Waals surface area contributed by atoms with Gasteiger partial charge in [-0.3, -0.25) is 9.48 Å². The predicted octanol–water partition coefficient (Wildman–Crippen LogP) is 3.37. The van der Waals surface area contributed by atoms with E-state index < -0.39 is 5.60 Å². The molecule has 4 nitrogen and oxygen atoms in total. The summed E-state index contributed by atoms with van der Waals surface area (Å²) in [6, 6.07) is 0.155. The van der Waals surface area contributed by atoms with Crippen LogP contribution in [0.25, 0.3) is 0 Å². The number of rotatable bonds is 3.